The monoisotopic (exact) mass is 304 g/mol. The van der Waals surface area contributed by atoms with E-state index in [1.807, 2.05) is 0 Å². The van der Waals surface area contributed by atoms with Crippen molar-refractivity contribution in [1.29, 1.82) is 0 Å². The van der Waals surface area contributed by atoms with E-state index in [1.54, 1.807) is 19.1 Å². The fourth-order valence-corrected chi connectivity index (χ4v) is 1.91. The van der Waals surface area contributed by atoms with E-state index in [-0.39, 0.29) is 18.1 Å². The molecule has 1 heterocycles. The van der Waals surface area contributed by atoms with Gasteiger partial charge in [0.15, 0.2) is 11.5 Å². The van der Waals surface area contributed by atoms with Crippen LogP contribution in [0.2, 0.25) is 0 Å². The fourth-order valence-electron chi connectivity index (χ4n) is 1.91. The molecular weight excluding hydrogens is 288 g/mol. The van der Waals surface area contributed by atoms with Gasteiger partial charge in [0.1, 0.15) is 0 Å². The molecule has 0 fully saturated rings. The molecule has 0 bridgehead atoms. The third kappa shape index (κ3) is 3.60. The second-order valence-corrected chi connectivity index (χ2v) is 4.71. The van der Waals surface area contributed by atoms with Gasteiger partial charge in [-0.25, -0.2) is 10.9 Å². The number of carbonyl (C=O) groups is 2. The highest BCUT2D eigenvalue weighted by atomic mass is 16.5. The Bertz CT molecular complexity index is 654. The summed E-state index contributed by atoms with van der Waals surface area (Å²) in [6, 6.07) is 4.66. The average molecular weight is 304 g/mol. The van der Waals surface area contributed by atoms with Crippen molar-refractivity contribution >= 4 is 23.7 Å². The number of aromatic hydroxyl groups is 1. The molecular formula is C14H16N4O4. The van der Waals surface area contributed by atoms with Crippen molar-refractivity contribution in [2.75, 3.05) is 7.11 Å². The van der Waals surface area contributed by atoms with Crippen LogP contribution in [-0.2, 0) is 9.59 Å². The lowest BCUT2D eigenvalue weighted by molar-refractivity contribution is -0.127. The van der Waals surface area contributed by atoms with Crippen LogP contribution in [0.1, 0.15) is 18.9 Å². The second-order valence-electron chi connectivity index (χ2n) is 4.71. The van der Waals surface area contributed by atoms with Gasteiger partial charge in [-0.3, -0.25) is 9.59 Å². The number of phenols is 1. The van der Waals surface area contributed by atoms with E-state index in [1.165, 1.54) is 19.4 Å². The number of benzene rings is 1. The van der Waals surface area contributed by atoms with Crippen LogP contribution in [-0.4, -0.2) is 36.0 Å². The molecule has 0 radical (unpaired) electrons. The zero-order valence-corrected chi connectivity index (χ0v) is 12.2. The number of hydrazone groups is 2. The highest BCUT2D eigenvalue weighted by Crippen LogP contribution is 2.25. The van der Waals surface area contributed by atoms with E-state index in [0.717, 1.165) is 0 Å². The highest BCUT2D eigenvalue weighted by molar-refractivity contribution is 6.09. The minimum Gasteiger partial charge on any atom is -0.504 e. The number of ether oxygens (including phenoxy) is 1. The molecule has 1 aliphatic heterocycles. The number of hydrogen-bond acceptors (Lipinski definition) is 6. The Hall–Kier alpha value is -2.90. The van der Waals surface area contributed by atoms with Crippen molar-refractivity contribution in [1.82, 2.24) is 10.9 Å². The Labute approximate surface area is 126 Å². The number of nitrogens with zero attached hydrogens (tertiary/aromatic N) is 2. The first-order chi connectivity index (χ1) is 10.5. The summed E-state index contributed by atoms with van der Waals surface area (Å²) in [5.74, 6) is -0.905. The molecule has 1 aromatic carbocycles. The van der Waals surface area contributed by atoms with Gasteiger partial charge in [-0.2, -0.15) is 10.2 Å². The average Bonchev–Trinajstić information content (AvgIpc) is 2.81. The molecule has 0 spiro atoms. The third-order valence-electron chi connectivity index (χ3n) is 3.16. The Kier molecular flexibility index (Phi) is 4.72. The number of rotatable bonds is 5. The van der Waals surface area contributed by atoms with Crippen molar-refractivity contribution in [2.45, 2.75) is 13.3 Å². The van der Waals surface area contributed by atoms with Gasteiger partial charge in [0.25, 0.3) is 0 Å². The van der Waals surface area contributed by atoms with Gasteiger partial charge >= 0.3 is 0 Å². The molecule has 8 nitrogen and oxygen atoms in total. The van der Waals surface area contributed by atoms with Gasteiger partial charge in [0.05, 0.1) is 19.2 Å². The molecule has 8 heteroatoms. The topological polar surface area (TPSA) is 112 Å². The predicted molar refractivity (Wildman–Crippen MR) is 79.8 cm³/mol. The van der Waals surface area contributed by atoms with Crippen LogP contribution in [0, 0.1) is 5.92 Å². The van der Waals surface area contributed by atoms with Crippen LogP contribution in [0.4, 0.5) is 0 Å². The van der Waals surface area contributed by atoms with Crippen molar-refractivity contribution < 1.29 is 19.4 Å². The zero-order valence-electron chi connectivity index (χ0n) is 12.2. The lowest BCUT2D eigenvalue weighted by Crippen LogP contribution is -2.29. The summed E-state index contributed by atoms with van der Waals surface area (Å²) in [6.45, 7) is 1.68. The predicted octanol–water partition coefficient (Wildman–Crippen LogP) is 0.363. The van der Waals surface area contributed by atoms with Crippen LogP contribution < -0.4 is 15.6 Å². The van der Waals surface area contributed by atoms with E-state index < -0.39 is 11.8 Å². The minimum atomic E-state index is -0.552. The molecule has 1 aromatic rings. The van der Waals surface area contributed by atoms with Crippen LogP contribution in [0.5, 0.6) is 11.5 Å². The van der Waals surface area contributed by atoms with Gasteiger partial charge in [-0.1, -0.05) is 0 Å². The van der Waals surface area contributed by atoms with E-state index in [0.29, 0.717) is 17.0 Å². The first-order valence-corrected chi connectivity index (χ1v) is 6.54. The smallest absolute Gasteiger partial charge is 0.249 e. The lowest BCUT2D eigenvalue weighted by Gasteiger charge is -2.06. The van der Waals surface area contributed by atoms with E-state index in [2.05, 4.69) is 21.1 Å². The van der Waals surface area contributed by atoms with Crippen molar-refractivity contribution in [2.24, 2.45) is 16.1 Å². The molecule has 0 saturated carbocycles. The zero-order chi connectivity index (χ0) is 16.1. The molecule has 116 valence electrons. The minimum absolute atomic E-state index is 0.0165. The Morgan fingerprint density at radius 1 is 1.59 bits per heavy atom. The highest BCUT2D eigenvalue weighted by Gasteiger charge is 2.28. The van der Waals surface area contributed by atoms with Crippen molar-refractivity contribution in [3.63, 3.8) is 0 Å². The van der Waals surface area contributed by atoms with E-state index in [9.17, 15) is 14.7 Å². The van der Waals surface area contributed by atoms with Gasteiger partial charge in [-0.05, 0) is 30.7 Å². The lowest BCUT2D eigenvalue weighted by atomic mass is 10.0. The summed E-state index contributed by atoms with van der Waals surface area (Å²) in [5.41, 5.74) is 5.88. The van der Waals surface area contributed by atoms with Gasteiger partial charge < -0.3 is 9.84 Å². The van der Waals surface area contributed by atoms with Crippen molar-refractivity contribution in [3.05, 3.63) is 23.8 Å². The summed E-state index contributed by atoms with van der Waals surface area (Å²) in [5, 5.41) is 17.0. The summed E-state index contributed by atoms with van der Waals surface area (Å²) in [6.07, 6.45) is 1.40. The SMILES string of the molecule is COc1cc(C=NNC(=O)CC2C(=O)NN=C2C)ccc1O. The molecule has 1 atom stereocenters. The fraction of sp³-hybridized carbons (Fsp3) is 0.286. The first-order valence-electron chi connectivity index (χ1n) is 6.54. The number of phenolic OH excluding ortho intramolecular Hbond substituents is 1. The molecule has 3 N–H and O–H groups in total. The maximum Gasteiger partial charge on any atom is 0.249 e. The number of methoxy groups -OCH3 is 1. The van der Waals surface area contributed by atoms with Crippen LogP contribution in [0.3, 0.4) is 0 Å². The normalized spacial score (nSPS) is 17.3. The number of hydrogen-bond donors (Lipinski definition) is 3. The Morgan fingerprint density at radius 3 is 3.00 bits per heavy atom. The molecule has 0 saturated heterocycles. The van der Waals surface area contributed by atoms with Gasteiger partial charge in [-0.15, -0.1) is 0 Å². The van der Waals surface area contributed by atoms with Crippen molar-refractivity contribution in [3.8, 4) is 11.5 Å². The number of carbonyl (C=O) groups excluding carboxylic acids is 2. The summed E-state index contributed by atoms with van der Waals surface area (Å²) < 4.78 is 4.97. The molecule has 0 aromatic heterocycles. The molecule has 1 aliphatic rings. The Balaban J connectivity index is 1.91. The number of nitrogens with one attached hydrogen (secondary N) is 2. The van der Waals surface area contributed by atoms with Gasteiger partial charge in [0.2, 0.25) is 11.8 Å². The maximum absolute atomic E-state index is 11.7. The van der Waals surface area contributed by atoms with Gasteiger partial charge in [0, 0.05) is 12.1 Å². The molecule has 2 amide bonds. The number of amides is 2. The van der Waals surface area contributed by atoms with Crippen LogP contribution in [0.25, 0.3) is 0 Å². The largest absolute Gasteiger partial charge is 0.504 e. The standard InChI is InChI=1S/C14H16N4O4/c1-8-10(14(21)18-16-8)6-13(20)17-15-7-9-3-4-11(19)12(5-9)22-2/h3-5,7,10,19H,6H2,1-2H3,(H,17,20)(H,18,21). The van der Waals surface area contributed by atoms with Crippen LogP contribution in [0.15, 0.2) is 28.4 Å². The Morgan fingerprint density at radius 2 is 2.36 bits per heavy atom. The summed E-state index contributed by atoms with van der Waals surface area (Å²) in [7, 11) is 1.44. The second kappa shape index (κ2) is 6.70. The maximum atomic E-state index is 11.7. The molecule has 2 rings (SSSR count). The molecule has 22 heavy (non-hydrogen) atoms. The molecule has 1 unspecified atom stereocenters. The third-order valence-corrected chi connectivity index (χ3v) is 3.16. The quantitative estimate of drug-likeness (QED) is 0.538. The first kappa shape index (κ1) is 15.5. The summed E-state index contributed by atoms with van der Waals surface area (Å²) in [4.78, 5) is 23.2. The van der Waals surface area contributed by atoms with E-state index in [4.69, 9.17) is 4.74 Å². The molecule has 0 aliphatic carbocycles. The van der Waals surface area contributed by atoms with E-state index >= 15 is 0 Å². The van der Waals surface area contributed by atoms with Crippen LogP contribution >= 0.6 is 0 Å². The summed E-state index contributed by atoms with van der Waals surface area (Å²) >= 11 is 0.